The summed E-state index contributed by atoms with van der Waals surface area (Å²) < 4.78 is 4.97. The highest BCUT2D eigenvalue weighted by atomic mass is 32.2. The van der Waals surface area contributed by atoms with Crippen LogP contribution in [0.3, 0.4) is 0 Å². The highest BCUT2D eigenvalue weighted by molar-refractivity contribution is 8.02. The first-order valence-corrected chi connectivity index (χ1v) is 4.72. The monoisotopic (exact) mass is 174 g/mol. The van der Waals surface area contributed by atoms with Gasteiger partial charge in [0.05, 0.1) is 0 Å². The minimum absolute atomic E-state index is 0.168. The smallest absolute Gasteiger partial charge is 0.311 e. The first kappa shape index (κ1) is 10.6. The Hall–Kier alpha value is -0.440. The molecule has 2 nitrogen and oxygen atoms in total. The maximum atomic E-state index is 10.8. The quantitative estimate of drug-likeness (QED) is 0.484. The largest absolute Gasteiger partial charge is 0.420 e. The van der Waals surface area contributed by atoms with Gasteiger partial charge in [-0.3, -0.25) is 4.79 Å². The molecule has 0 aromatic carbocycles. The second-order valence-corrected chi connectivity index (χ2v) is 3.14. The summed E-state index contributed by atoms with van der Waals surface area (Å²) >= 11 is 1.54. The molecular formula is C8H14O2S. The molecule has 11 heavy (non-hydrogen) atoms. The highest BCUT2D eigenvalue weighted by Crippen LogP contribution is 2.16. The number of hydrogen-bond acceptors (Lipinski definition) is 3. The Morgan fingerprint density at radius 3 is 2.55 bits per heavy atom. The van der Waals surface area contributed by atoms with Gasteiger partial charge in [-0.05, 0) is 18.8 Å². The van der Waals surface area contributed by atoms with Crippen LogP contribution in [0.2, 0.25) is 0 Å². The molecule has 0 aliphatic heterocycles. The second-order valence-electron chi connectivity index (χ2n) is 1.87. The third-order valence-corrected chi connectivity index (χ3v) is 1.92. The molecule has 0 rings (SSSR count). The van der Waals surface area contributed by atoms with Crippen molar-refractivity contribution >= 4 is 17.7 Å². The summed E-state index contributed by atoms with van der Waals surface area (Å²) in [5.41, 5.74) is 0. The van der Waals surface area contributed by atoms with Gasteiger partial charge in [0.15, 0.2) is 5.09 Å². The average Bonchev–Trinajstić information content (AvgIpc) is 2.03. The van der Waals surface area contributed by atoms with Crippen molar-refractivity contribution in [2.45, 2.75) is 27.2 Å². The molecular weight excluding hydrogens is 160 g/mol. The fraction of sp³-hybridized carbons (Fsp3) is 0.625. The van der Waals surface area contributed by atoms with Gasteiger partial charge >= 0.3 is 5.97 Å². The van der Waals surface area contributed by atoms with Gasteiger partial charge in [-0.1, -0.05) is 25.6 Å². The van der Waals surface area contributed by atoms with Crippen molar-refractivity contribution < 1.29 is 9.53 Å². The lowest BCUT2D eigenvalue weighted by molar-refractivity contribution is -0.138. The normalized spacial score (nSPS) is 11.4. The Labute approximate surface area is 72.0 Å². The predicted molar refractivity (Wildman–Crippen MR) is 48.3 cm³/mol. The number of carbonyl (C=O) groups is 1. The maximum absolute atomic E-state index is 10.8. The van der Waals surface area contributed by atoms with E-state index >= 15 is 0 Å². The Morgan fingerprint density at radius 2 is 2.18 bits per heavy atom. The van der Waals surface area contributed by atoms with Gasteiger partial charge in [0, 0.05) is 6.42 Å². The lowest BCUT2D eigenvalue weighted by atomic mass is 10.5. The van der Waals surface area contributed by atoms with Crippen molar-refractivity contribution in [3.8, 4) is 0 Å². The Bertz CT molecular complexity index is 152. The predicted octanol–water partition coefficient (Wildman–Crippen LogP) is 2.55. The van der Waals surface area contributed by atoms with Crippen molar-refractivity contribution in [2.75, 3.05) is 5.75 Å². The van der Waals surface area contributed by atoms with Crippen LogP contribution in [0, 0.1) is 0 Å². The SMILES string of the molecule is C/C=C(/OC(=O)CC)SCC. The highest BCUT2D eigenvalue weighted by Gasteiger charge is 2.02. The third-order valence-electron chi connectivity index (χ3n) is 1.03. The van der Waals surface area contributed by atoms with Crippen LogP contribution in [-0.4, -0.2) is 11.7 Å². The molecule has 0 amide bonds. The minimum atomic E-state index is -0.168. The number of esters is 1. The lowest BCUT2D eigenvalue weighted by Gasteiger charge is -2.04. The standard InChI is InChI=1S/C8H14O2S/c1-4-7(9)10-8(5-2)11-6-3/h5H,4,6H2,1-3H3/b8-5-. The van der Waals surface area contributed by atoms with E-state index in [0.717, 1.165) is 5.75 Å². The number of rotatable bonds is 4. The van der Waals surface area contributed by atoms with Gasteiger partial charge in [-0.25, -0.2) is 0 Å². The van der Waals surface area contributed by atoms with E-state index < -0.39 is 0 Å². The van der Waals surface area contributed by atoms with Crippen molar-refractivity contribution in [2.24, 2.45) is 0 Å². The molecule has 0 heterocycles. The van der Waals surface area contributed by atoms with Gasteiger partial charge < -0.3 is 4.74 Å². The summed E-state index contributed by atoms with van der Waals surface area (Å²) in [6.07, 6.45) is 2.24. The van der Waals surface area contributed by atoms with Crippen LogP contribution in [0.15, 0.2) is 11.2 Å². The summed E-state index contributed by atoms with van der Waals surface area (Å²) in [7, 11) is 0. The molecule has 0 radical (unpaired) electrons. The Kier molecular flexibility index (Phi) is 6.03. The van der Waals surface area contributed by atoms with E-state index in [4.69, 9.17) is 4.74 Å². The lowest BCUT2D eigenvalue weighted by Crippen LogP contribution is -2.00. The summed E-state index contributed by atoms with van der Waals surface area (Å²) in [5.74, 6) is 0.760. The van der Waals surface area contributed by atoms with Crippen LogP contribution in [-0.2, 0) is 9.53 Å². The van der Waals surface area contributed by atoms with E-state index in [1.807, 2.05) is 19.9 Å². The molecule has 64 valence electrons. The van der Waals surface area contributed by atoms with Crippen LogP contribution >= 0.6 is 11.8 Å². The van der Waals surface area contributed by atoms with Gasteiger partial charge in [0.1, 0.15) is 0 Å². The van der Waals surface area contributed by atoms with E-state index in [-0.39, 0.29) is 5.97 Å². The van der Waals surface area contributed by atoms with Crippen LogP contribution in [0.4, 0.5) is 0 Å². The van der Waals surface area contributed by atoms with Crippen LogP contribution in [0.1, 0.15) is 27.2 Å². The zero-order valence-corrected chi connectivity index (χ0v) is 8.03. The van der Waals surface area contributed by atoms with Crippen molar-refractivity contribution in [3.05, 3.63) is 11.2 Å². The number of thioether (sulfide) groups is 1. The van der Waals surface area contributed by atoms with Crippen molar-refractivity contribution in [1.82, 2.24) is 0 Å². The molecule has 0 aromatic rings. The Balaban J connectivity index is 3.79. The molecule has 0 fully saturated rings. The average molecular weight is 174 g/mol. The molecule has 0 spiro atoms. The van der Waals surface area contributed by atoms with E-state index in [1.165, 1.54) is 11.8 Å². The molecule has 3 heteroatoms. The van der Waals surface area contributed by atoms with Crippen LogP contribution in [0.25, 0.3) is 0 Å². The van der Waals surface area contributed by atoms with E-state index in [9.17, 15) is 4.79 Å². The van der Waals surface area contributed by atoms with E-state index in [2.05, 4.69) is 0 Å². The zero-order valence-electron chi connectivity index (χ0n) is 7.22. The summed E-state index contributed by atoms with van der Waals surface area (Å²) in [6.45, 7) is 5.67. The number of hydrogen-bond donors (Lipinski definition) is 0. The molecule has 0 aliphatic carbocycles. The van der Waals surface area contributed by atoms with Crippen molar-refractivity contribution in [3.63, 3.8) is 0 Å². The van der Waals surface area contributed by atoms with Gasteiger partial charge in [0.25, 0.3) is 0 Å². The number of ether oxygens (including phenoxy) is 1. The summed E-state index contributed by atoms with van der Waals surface area (Å²) in [4.78, 5) is 10.8. The van der Waals surface area contributed by atoms with Gasteiger partial charge in [0.2, 0.25) is 0 Å². The molecule has 0 N–H and O–H groups in total. The fourth-order valence-corrected chi connectivity index (χ4v) is 1.10. The molecule has 0 aromatic heterocycles. The minimum Gasteiger partial charge on any atom is -0.420 e. The molecule has 0 saturated heterocycles. The molecule has 0 bridgehead atoms. The first-order chi connectivity index (χ1) is 5.24. The van der Waals surface area contributed by atoms with Crippen molar-refractivity contribution in [1.29, 1.82) is 0 Å². The van der Waals surface area contributed by atoms with Gasteiger partial charge in [-0.15, -0.1) is 0 Å². The number of carbonyl (C=O) groups excluding carboxylic acids is 1. The second kappa shape index (κ2) is 6.28. The first-order valence-electron chi connectivity index (χ1n) is 3.74. The molecule has 0 atom stereocenters. The molecule has 0 saturated carbocycles. The van der Waals surface area contributed by atoms with E-state index in [0.29, 0.717) is 11.5 Å². The molecule has 0 unspecified atom stereocenters. The third kappa shape index (κ3) is 4.90. The zero-order chi connectivity index (χ0) is 8.69. The topological polar surface area (TPSA) is 26.3 Å². The van der Waals surface area contributed by atoms with Gasteiger partial charge in [-0.2, -0.15) is 0 Å². The summed E-state index contributed by atoms with van der Waals surface area (Å²) in [6, 6.07) is 0. The summed E-state index contributed by atoms with van der Waals surface area (Å²) in [5, 5.41) is 0.708. The molecule has 0 aliphatic rings. The van der Waals surface area contributed by atoms with Crippen LogP contribution in [0.5, 0.6) is 0 Å². The Morgan fingerprint density at radius 1 is 1.55 bits per heavy atom. The maximum Gasteiger partial charge on any atom is 0.311 e. The fourth-order valence-electron chi connectivity index (χ4n) is 0.498. The van der Waals surface area contributed by atoms with Crippen LogP contribution < -0.4 is 0 Å². The number of allylic oxidation sites excluding steroid dienone is 1. The van der Waals surface area contributed by atoms with E-state index in [1.54, 1.807) is 6.92 Å².